The van der Waals surface area contributed by atoms with Gasteiger partial charge in [0.15, 0.2) is 0 Å². The zero-order valence-corrected chi connectivity index (χ0v) is 11.1. The van der Waals surface area contributed by atoms with E-state index >= 15 is 0 Å². The maximum atomic E-state index is 13.7. The molecule has 0 aliphatic rings. The highest BCUT2D eigenvalue weighted by Gasteiger charge is 2.19. The molecule has 0 aromatic heterocycles. The van der Waals surface area contributed by atoms with Crippen LogP contribution in [0.25, 0.3) is 0 Å². The van der Waals surface area contributed by atoms with E-state index in [0.29, 0.717) is 5.56 Å². The van der Waals surface area contributed by atoms with E-state index in [4.69, 9.17) is 0 Å². The largest absolute Gasteiger partial charge is 0.207 e. The van der Waals surface area contributed by atoms with Crippen LogP contribution >= 0.6 is 15.9 Å². The standard InChI is InChI=1S/C14H10BrF3/c1-8-2-4-12(17)10(6-8)14(15)11-7-9(16)3-5-13(11)18/h2-7,14H,1H3. The number of hydrogen-bond donors (Lipinski definition) is 0. The molecule has 0 aliphatic carbocycles. The van der Waals surface area contributed by atoms with Gasteiger partial charge in [-0.1, -0.05) is 33.6 Å². The van der Waals surface area contributed by atoms with Crippen molar-refractivity contribution in [2.24, 2.45) is 0 Å². The second-order valence-corrected chi connectivity index (χ2v) is 4.97. The zero-order valence-electron chi connectivity index (χ0n) is 9.55. The van der Waals surface area contributed by atoms with Crippen LogP contribution in [0.4, 0.5) is 13.2 Å². The molecule has 0 nitrogen and oxygen atoms in total. The van der Waals surface area contributed by atoms with E-state index in [-0.39, 0.29) is 5.56 Å². The molecule has 0 N–H and O–H groups in total. The molecule has 0 aliphatic heterocycles. The zero-order chi connectivity index (χ0) is 13.3. The predicted octanol–water partition coefficient (Wildman–Crippen LogP) is 4.90. The number of alkyl halides is 1. The normalized spacial score (nSPS) is 12.5. The predicted molar refractivity (Wildman–Crippen MR) is 68.3 cm³/mol. The Morgan fingerprint density at radius 2 is 1.44 bits per heavy atom. The minimum absolute atomic E-state index is 0.0829. The van der Waals surface area contributed by atoms with Gasteiger partial charge in [0.05, 0.1) is 4.83 Å². The van der Waals surface area contributed by atoms with Crippen molar-refractivity contribution >= 4 is 15.9 Å². The number of hydrogen-bond acceptors (Lipinski definition) is 0. The van der Waals surface area contributed by atoms with Crippen molar-refractivity contribution in [2.45, 2.75) is 11.8 Å². The first-order chi connectivity index (χ1) is 8.49. The topological polar surface area (TPSA) is 0 Å². The SMILES string of the molecule is Cc1ccc(F)c(C(Br)c2cc(F)ccc2F)c1. The fourth-order valence-corrected chi connectivity index (χ4v) is 2.44. The highest BCUT2D eigenvalue weighted by atomic mass is 79.9. The van der Waals surface area contributed by atoms with Crippen molar-refractivity contribution in [3.8, 4) is 0 Å². The van der Waals surface area contributed by atoms with Gasteiger partial charge in [0.1, 0.15) is 17.5 Å². The molecule has 18 heavy (non-hydrogen) atoms. The molecule has 1 atom stereocenters. The molecule has 2 aromatic carbocycles. The lowest BCUT2D eigenvalue weighted by Gasteiger charge is -2.13. The average molecular weight is 315 g/mol. The Morgan fingerprint density at radius 1 is 0.889 bits per heavy atom. The monoisotopic (exact) mass is 314 g/mol. The molecule has 0 heterocycles. The summed E-state index contributed by atoms with van der Waals surface area (Å²) in [6.07, 6.45) is 0. The summed E-state index contributed by atoms with van der Waals surface area (Å²) in [7, 11) is 0. The van der Waals surface area contributed by atoms with E-state index in [0.717, 1.165) is 23.8 Å². The Morgan fingerprint density at radius 3 is 2.11 bits per heavy atom. The summed E-state index contributed by atoms with van der Waals surface area (Å²) in [4.78, 5) is -0.715. The van der Waals surface area contributed by atoms with E-state index in [2.05, 4.69) is 15.9 Å². The molecule has 94 valence electrons. The first kappa shape index (κ1) is 13.1. The summed E-state index contributed by atoms with van der Waals surface area (Å²) in [5.74, 6) is -1.57. The molecule has 0 amide bonds. The van der Waals surface area contributed by atoms with E-state index in [1.54, 1.807) is 12.1 Å². The maximum Gasteiger partial charge on any atom is 0.128 e. The van der Waals surface area contributed by atoms with Crippen LogP contribution in [0.15, 0.2) is 36.4 Å². The minimum Gasteiger partial charge on any atom is -0.207 e. The van der Waals surface area contributed by atoms with Crippen LogP contribution in [-0.2, 0) is 0 Å². The highest BCUT2D eigenvalue weighted by molar-refractivity contribution is 9.09. The lowest BCUT2D eigenvalue weighted by molar-refractivity contribution is 0.581. The quantitative estimate of drug-likeness (QED) is 0.692. The Kier molecular flexibility index (Phi) is 3.76. The number of halogens is 4. The molecule has 0 bridgehead atoms. The summed E-state index contributed by atoms with van der Waals surface area (Å²) in [6.45, 7) is 1.81. The van der Waals surface area contributed by atoms with Crippen LogP contribution in [0.3, 0.4) is 0 Å². The summed E-state index contributed by atoms with van der Waals surface area (Å²) in [5.41, 5.74) is 1.23. The van der Waals surface area contributed by atoms with Crippen LogP contribution < -0.4 is 0 Å². The third kappa shape index (κ3) is 2.58. The van der Waals surface area contributed by atoms with Gasteiger partial charge < -0.3 is 0 Å². The third-order valence-corrected chi connectivity index (χ3v) is 3.64. The molecule has 4 heteroatoms. The minimum atomic E-state index is -0.715. The Bertz CT molecular complexity index is 530. The van der Waals surface area contributed by atoms with Crippen LogP contribution in [0.5, 0.6) is 0 Å². The van der Waals surface area contributed by atoms with Crippen LogP contribution in [0.1, 0.15) is 21.5 Å². The van der Waals surface area contributed by atoms with Gasteiger partial charge in [-0.15, -0.1) is 0 Å². The van der Waals surface area contributed by atoms with E-state index in [1.807, 2.05) is 6.92 Å². The molecule has 0 radical (unpaired) electrons. The first-order valence-electron chi connectivity index (χ1n) is 5.34. The molecule has 0 fully saturated rings. The fourth-order valence-electron chi connectivity index (χ4n) is 1.73. The van der Waals surface area contributed by atoms with Gasteiger partial charge in [0.25, 0.3) is 0 Å². The van der Waals surface area contributed by atoms with Crippen molar-refractivity contribution in [3.05, 3.63) is 70.5 Å². The second-order valence-electron chi connectivity index (χ2n) is 4.05. The average Bonchev–Trinajstić information content (AvgIpc) is 2.34. The second kappa shape index (κ2) is 5.14. The molecule has 0 saturated carbocycles. The van der Waals surface area contributed by atoms with Crippen LogP contribution in [-0.4, -0.2) is 0 Å². The summed E-state index contributed by atoms with van der Waals surface area (Å²) >= 11 is 3.22. The van der Waals surface area contributed by atoms with Gasteiger partial charge in [0, 0.05) is 11.1 Å². The molecule has 2 rings (SSSR count). The first-order valence-corrected chi connectivity index (χ1v) is 6.25. The molecular weight excluding hydrogens is 305 g/mol. The molecule has 0 saturated heterocycles. The van der Waals surface area contributed by atoms with Crippen molar-refractivity contribution in [1.82, 2.24) is 0 Å². The van der Waals surface area contributed by atoms with Gasteiger partial charge in [0.2, 0.25) is 0 Å². The number of benzene rings is 2. The Balaban J connectivity index is 2.50. The van der Waals surface area contributed by atoms with E-state index < -0.39 is 22.3 Å². The molecule has 2 aromatic rings. The smallest absolute Gasteiger partial charge is 0.128 e. The third-order valence-electron chi connectivity index (χ3n) is 2.66. The van der Waals surface area contributed by atoms with Gasteiger partial charge in [-0.25, -0.2) is 13.2 Å². The highest BCUT2D eigenvalue weighted by Crippen LogP contribution is 2.34. The van der Waals surface area contributed by atoms with Gasteiger partial charge >= 0.3 is 0 Å². The number of rotatable bonds is 2. The summed E-state index contributed by atoms with van der Waals surface area (Å²) < 4.78 is 40.4. The maximum absolute atomic E-state index is 13.7. The Hall–Kier alpha value is -1.29. The van der Waals surface area contributed by atoms with Gasteiger partial charge in [-0.3, -0.25) is 0 Å². The van der Waals surface area contributed by atoms with E-state index in [1.165, 1.54) is 6.07 Å². The molecular formula is C14H10BrF3. The molecule has 1 unspecified atom stereocenters. The van der Waals surface area contributed by atoms with Crippen LogP contribution in [0.2, 0.25) is 0 Å². The lowest BCUT2D eigenvalue weighted by atomic mass is 10.0. The van der Waals surface area contributed by atoms with Crippen LogP contribution in [0, 0.1) is 24.4 Å². The van der Waals surface area contributed by atoms with Gasteiger partial charge in [-0.05, 0) is 31.2 Å². The summed E-state index contributed by atoms with van der Waals surface area (Å²) in [6, 6.07) is 7.68. The molecule has 0 spiro atoms. The van der Waals surface area contributed by atoms with Crippen molar-refractivity contribution in [1.29, 1.82) is 0 Å². The van der Waals surface area contributed by atoms with Crippen molar-refractivity contribution < 1.29 is 13.2 Å². The summed E-state index contributed by atoms with van der Waals surface area (Å²) in [5, 5.41) is 0. The van der Waals surface area contributed by atoms with Gasteiger partial charge in [-0.2, -0.15) is 0 Å². The number of aryl methyl sites for hydroxylation is 1. The Labute approximate surface area is 112 Å². The fraction of sp³-hybridized carbons (Fsp3) is 0.143. The van der Waals surface area contributed by atoms with Crippen molar-refractivity contribution in [3.63, 3.8) is 0 Å². The van der Waals surface area contributed by atoms with Crippen molar-refractivity contribution in [2.75, 3.05) is 0 Å². The lowest BCUT2D eigenvalue weighted by Crippen LogP contribution is -2.00. The van der Waals surface area contributed by atoms with E-state index in [9.17, 15) is 13.2 Å².